The number of Topliss-reactive ketones (excluding diaryl/α,β-unsaturated/α-hetero) is 1. The Kier molecular flexibility index (Phi) is 4.77. The van der Waals surface area contributed by atoms with Crippen molar-refractivity contribution in [1.29, 1.82) is 0 Å². The Morgan fingerprint density at radius 2 is 1.88 bits per heavy atom. The summed E-state index contributed by atoms with van der Waals surface area (Å²) in [6.45, 7) is 7.14. The van der Waals surface area contributed by atoms with E-state index in [1.807, 2.05) is 48.8 Å². The minimum absolute atomic E-state index is 0.106. The molecule has 0 radical (unpaired) electrons. The van der Waals surface area contributed by atoms with E-state index in [1.165, 1.54) is 5.69 Å². The number of benzene rings is 2. The molecule has 1 saturated heterocycles. The van der Waals surface area contributed by atoms with E-state index in [-0.39, 0.29) is 5.78 Å². The third-order valence-corrected chi connectivity index (χ3v) is 6.46. The summed E-state index contributed by atoms with van der Waals surface area (Å²) >= 11 is 0. The first kappa shape index (κ1) is 20.7. The van der Waals surface area contributed by atoms with Crippen molar-refractivity contribution in [2.45, 2.75) is 19.4 Å². The van der Waals surface area contributed by atoms with E-state index in [0.29, 0.717) is 5.82 Å². The normalized spacial score (nSPS) is 17.0. The van der Waals surface area contributed by atoms with Crippen molar-refractivity contribution in [2.75, 3.05) is 41.8 Å². The van der Waals surface area contributed by atoms with Crippen LogP contribution in [0.5, 0.6) is 0 Å². The molecule has 0 unspecified atom stereocenters. The Labute approximate surface area is 197 Å². The molecule has 2 N–H and O–H groups in total. The molecule has 0 bridgehead atoms. The van der Waals surface area contributed by atoms with Crippen LogP contribution in [0.2, 0.25) is 0 Å². The van der Waals surface area contributed by atoms with E-state index in [4.69, 9.17) is 9.72 Å². The molecular weight excluding hydrogens is 428 g/mol. The molecule has 4 aromatic rings. The molecule has 8 nitrogen and oxygen atoms in total. The Bertz CT molecular complexity index is 1390. The number of ether oxygens (including phenoxy) is 1. The van der Waals surface area contributed by atoms with Gasteiger partial charge in [0.1, 0.15) is 0 Å². The number of ketones is 1. The van der Waals surface area contributed by atoms with E-state index >= 15 is 0 Å². The number of anilines is 4. The molecular formula is C26H26N6O2. The molecule has 2 aliphatic rings. The number of nitrogens with zero attached hydrogens (tertiary/aromatic N) is 4. The van der Waals surface area contributed by atoms with Gasteiger partial charge in [0.15, 0.2) is 17.2 Å². The maximum Gasteiger partial charge on any atom is 0.189 e. The van der Waals surface area contributed by atoms with Crippen molar-refractivity contribution in [3.05, 3.63) is 66.6 Å². The molecule has 0 atom stereocenters. The van der Waals surface area contributed by atoms with Crippen molar-refractivity contribution in [1.82, 2.24) is 14.4 Å². The number of morpholine rings is 1. The summed E-state index contributed by atoms with van der Waals surface area (Å²) in [6.07, 6.45) is 5.63. The molecule has 6 rings (SSSR count). The molecule has 8 heteroatoms. The first-order chi connectivity index (χ1) is 16.5. The van der Waals surface area contributed by atoms with Gasteiger partial charge < -0.3 is 24.7 Å². The average Bonchev–Trinajstić information content (AvgIpc) is 3.42. The van der Waals surface area contributed by atoms with Crippen molar-refractivity contribution < 1.29 is 9.53 Å². The van der Waals surface area contributed by atoms with E-state index < -0.39 is 5.54 Å². The molecule has 2 aromatic carbocycles. The van der Waals surface area contributed by atoms with Crippen LogP contribution >= 0.6 is 0 Å². The predicted molar refractivity (Wildman–Crippen MR) is 133 cm³/mol. The predicted octanol–water partition coefficient (Wildman–Crippen LogP) is 4.36. The molecule has 4 heterocycles. The maximum absolute atomic E-state index is 12.6. The van der Waals surface area contributed by atoms with Crippen LogP contribution in [0.15, 0.2) is 61.1 Å². The Balaban J connectivity index is 1.32. The van der Waals surface area contributed by atoms with Crippen molar-refractivity contribution in [3.8, 4) is 11.3 Å². The monoisotopic (exact) mass is 454 g/mol. The number of carbonyl (C=O) groups is 1. The van der Waals surface area contributed by atoms with Gasteiger partial charge in [-0.3, -0.25) is 4.79 Å². The smallest absolute Gasteiger partial charge is 0.189 e. The van der Waals surface area contributed by atoms with Crippen LogP contribution in [0.3, 0.4) is 0 Å². The molecule has 172 valence electrons. The van der Waals surface area contributed by atoms with Crippen LogP contribution in [0.25, 0.3) is 16.9 Å². The zero-order chi connectivity index (χ0) is 23.3. The van der Waals surface area contributed by atoms with Crippen LogP contribution in [-0.2, 0) is 4.74 Å². The Morgan fingerprint density at radius 3 is 2.68 bits per heavy atom. The number of rotatable bonds is 4. The zero-order valence-corrected chi connectivity index (χ0v) is 19.2. The third kappa shape index (κ3) is 3.56. The molecule has 2 aliphatic heterocycles. The average molecular weight is 455 g/mol. The Morgan fingerprint density at radius 1 is 1.09 bits per heavy atom. The lowest BCUT2D eigenvalue weighted by molar-refractivity contribution is 0.0939. The first-order valence-electron chi connectivity index (χ1n) is 11.5. The fraction of sp³-hybridized carbons (Fsp3) is 0.269. The molecule has 1 fully saturated rings. The molecule has 0 saturated carbocycles. The zero-order valence-electron chi connectivity index (χ0n) is 19.2. The van der Waals surface area contributed by atoms with Crippen LogP contribution in [0.1, 0.15) is 24.2 Å². The molecule has 0 spiro atoms. The summed E-state index contributed by atoms with van der Waals surface area (Å²) in [5.41, 5.74) is 5.56. The summed E-state index contributed by atoms with van der Waals surface area (Å²) in [4.78, 5) is 24.3. The largest absolute Gasteiger partial charge is 0.378 e. The van der Waals surface area contributed by atoms with Crippen molar-refractivity contribution >= 4 is 34.3 Å². The third-order valence-electron chi connectivity index (χ3n) is 6.46. The van der Waals surface area contributed by atoms with E-state index in [2.05, 4.69) is 44.8 Å². The fourth-order valence-corrected chi connectivity index (χ4v) is 4.60. The van der Waals surface area contributed by atoms with Crippen LogP contribution < -0.4 is 15.5 Å². The number of carbonyl (C=O) groups excluding carboxylic acids is 1. The summed E-state index contributed by atoms with van der Waals surface area (Å²) in [7, 11) is 0. The van der Waals surface area contributed by atoms with Gasteiger partial charge in [-0.05, 0) is 50.2 Å². The molecule has 0 aliphatic carbocycles. The highest BCUT2D eigenvalue weighted by Crippen LogP contribution is 2.35. The number of nitrogens with one attached hydrogen (secondary N) is 2. The van der Waals surface area contributed by atoms with Gasteiger partial charge in [-0.2, -0.15) is 0 Å². The number of hydrogen-bond donors (Lipinski definition) is 2. The van der Waals surface area contributed by atoms with Gasteiger partial charge in [-0.25, -0.2) is 9.97 Å². The second-order valence-corrected chi connectivity index (χ2v) is 9.24. The van der Waals surface area contributed by atoms with Crippen LogP contribution in [0, 0.1) is 0 Å². The van der Waals surface area contributed by atoms with Gasteiger partial charge in [0.25, 0.3) is 0 Å². The minimum atomic E-state index is -0.594. The lowest BCUT2D eigenvalue weighted by Gasteiger charge is -2.28. The van der Waals surface area contributed by atoms with E-state index in [1.54, 1.807) is 6.20 Å². The van der Waals surface area contributed by atoms with Gasteiger partial charge in [0.2, 0.25) is 0 Å². The fourth-order valence-electron chi connectivity index (χ4n) is 4.60. The maximum atomic E-state index is 12.6. The second kappa shape index (κ2) is 7.85. The highest BCUT2D eigenvalue weighted by molar-refractivity contribution is 6.13. The van der Waals surface area contributed by atoms with Gasteiger partial charge in [0.05, 0.1) is 24.4 Å². The summed E-state index contributed by atoms with van der Waals surface area (Å²) < 4.78 is 7.41. The molecule has 0 amide bonds. The highest BCUT2D eigenvalue weighted by Gasteiger charge is 2.37. The number of aromatic nitrogens is 3. The van der Waals surface area contributed by atoms with Gasteiger partial charge >= 0.3 is 0 Å². The first-order valence-corrected chi connectivity index (χ1v) is 11.5. The van der Waals surface area contributed by atoms with Crippen molar-refractivity contribution in [3.63, 3.8) is 0 Å². The summed E-state index contributed by atoms with van der Waals surface area (Å²) in [6, 6.07) is 14.2. The quantitative estimate of drug-likeness (QED) is 0.474. The molecule has 34 heavy (non-hydrogen) atoms. The topological polar surface area (TPSA) is 83.8 Å². The SMILES string of the molecule is CC1(C)Nc2cc(-c3cn4ccnc4c(Nc4ccc(N5CCOCC5)cc4)n3)ccc2C1=O. The number of hydrogen-bond acceptors (Lipinski definition) is 7. The highest BCUT2D eigenvalue weighted by atomic mass is 16.5. The Hall–Kier alpha value is -3.91. The standard InChI is InChI=1S/C26H26N6O2/c1-26(2)23(33)20-8-3-17(15-21(20)30-26)22-16-32-10-9-27-25(32)24(29-22)28-18-4-6-19(7-5-18)31-11-13-34-14-12-31/h3-10,15-16,30H,11-14H2,1-2H3,(H,28,29). The van der Waals surface area contributed by atoms with Gasteiger partial charge in [-0.1, -0.05) is 6.07 Å². The van der Waals surface area contributed by atoms with Crippen LogP contribution in [-0.4, -0.2) is 52.0 Å². The van der Waals surface area contributed by atoms with E-state index in [9.17, 15) is 4.79 Å². The van der Waals surface area contributed by atoms with Crippen molar-refractivity contribution in [2.24, 2.45) is 0 Å². The van der Waals surface area contributed by atoms with Gasteiger partial charge in [-0.15, -0.1) is 0 Å². The van der Waals surface area contributed by atoms with Gasteiger partial charge in [0, 0.05) is 59.9 Å². The molecule has 2 aromatic heterocycles. The number of imidazole rings is 1. The summed E-state index contributed by atoms with van der Waals surface area (Å²) in [5, 5.41) is 6.77. The summed E-state index contributed by atoms with van der Waals surface area (Å²) in [5.74, 6) is 0.779. The lowest BCUT2D eigenvalue weighted by atomic mass is 9.98. The number of fused-ring (bicyclic) bond motifs is 2. The second-order valence-electron chi connectivity index (χ2n) is 9.24. The van der Waals surface area contributed by atoms with Crippen LogP contribution in [0.4, 0.5) is 22.9 Å². The van der Waals surface area contributed by atoms with E-state index in [0.717, 1.165) is 60.1 Å². The minimum Gasteiger partial charge on any atom is -0.378 e. The lowest BCUT2D eigenvalue weighted by Crippen LogP contribution is -2.36.